The molecule has 1 aliphatic rings. The molecule has 2 heterocycles. The smallest absolute Gasteiger partial charge is 0.185 e. The summed E-state index contributed by atoms with van der Waals surface area (Å²) in [5, 5.41) is 3.21. The number of thiazole rings is 1. The van der Waals surface area contributed by atoms with Gasteiger partial charge in [0.15, 0.2) is 5.13 Å². The second-order valence-corrected chi connectivity index (χ2v) is 5.50. The van der Waals surface area contributed by atoms with E-state index in [0.717, 1.165) is 29.5 Å². The molecule has 0 amide bonds. The van der Waals surface area contributed by atoms with Crippen LogP contribution in [0.5, 0.6) is 5.75 Å². The van der Waals surface area contributed by atoms with E-state index in [1.807, 2.05) is 18.2 Å². The van der Waals surface area contributed by atoms with Crippen molar-refractivity contribution < 1.29 is 4.74 Å². The third-order valence-electron chi connectivity index (χ3n) is 3.39. The van der Waals surface area contributed by atoms with E-state index >= 15 is 0 Å². The number of benzene rings is 1. The zero-order chi connectivity index (χ0) is 13.2. The molecule has 0 radical (unpaired) electrons. The lowest BCUT2D eigenvalue weighted by Crippen LogP contribution is -2.17. The first-order chi connectivity index (χ1) is 9.28. The molecule has 3 rings (SSSR count). The lowest BCUT2D eigenvalue weighted by Gasteiger charge is -2.12. The third-order valence-corrected chi connectivity index (χ3v) is 4.30. The third kappa shape index (κ3) is 2.38. The summed E-state index contributed by atoms with van der Waals surface area (Å²) < 4.78 is 5.17. The number of methoxy groups -OCH3 is 1. The molecular formula is C14H17N3OS. The number of nitrogens with zero attached hydrogens (tertiary/aromatic N) is 2. The zero-order valence-electron chi connectivity index (χ0n) is 10.9. The summed E-state index contributed by atoms with van der Waals surface area (Å²) in [6.45, 7) is 2.25. The minimum Gasteiger partial charge on any atom is -0.495 e. The summed E-state index contributed by atoms with van der Waals surface area (Å²) in [6.07, 6.45) is 2.54. The van der Waals surface area contributed by atoms with Crippen LogP contribution in [0.3, 0.4) is 0 Å². The normalized spacial score (nSPS) is 14.9. The van der Waals surface area contributed by atoms with Crippen molar-refractivity contribution in [1.29, 1.82) is 0 Å². The minimum atomic E-state index is 0.649. The van der Waals surface area contributed by atoms with Gasteiger partial charge in [-0.3, -0.25) is 0 Å². The minimum absolute atomic E-state index is 0.649. The summed E-state index contributed by atoms with van der Waals surface area (Å²) >= 11 is 1.70. The molecule has 0 spiro atoms. The van der Waals surface area contributed by atoms with Crippen LogP contribution in [-0.4, -0.2) is 25.2 Å². The maximum atomic E-state index is 5.94. The molecule has 0 bridgehead atoms. The fraction of sp³-hybridized carbons (Fsp3) is 0.357. The topological polar surface area (TPSA) is 51.4 Å². The molecule has 0 aliphatic carbocycles. The molecular weight excluding hydrogens is 258 g/mol. The largest absolute Gasteiger partial charge is 0.495 e. The molecule has 100 valence electrons. The molecule has 1 saturated heterocycles. The van der Waals surface area contributed by atoms with Gasteiger partial charge in [0.2, 0.25) is 0 Å². The molecule has 1 aromatic heterocycles. The Morgan fingerprint density at radius 1 is 1.32 bits per heavy atom. The van der Waals surface area contributed by atoms with Gasteiger partial charge in [0, 0.05) is 24.0 Å². The lowest BCUT2D eigenvalue weighted by atomic mass is 10.1. The highest BCUT2D eigenvalue weighted by molar-refractivity contribution is 7.14. The molecule has 1 aromatic carbocycles. The SMILES string of the molecule is COc1ccc(-c2csc(N3CCCC3)n2)cc1N. The maximum Gasteiger partial charge on any atom is 0.185 e. The van der Waals surface area contributed by atoms with E-state index in [1.54, 1.807) is 18.4 Å². The zero-order valence-corrected chi connectivity index (χ0v) is 11.7. The van der Waals surface area contributed by atoms with Crippen LogP contribution < -0.4 is 15.4 Å². The molecule has 0 saturated carbocycles. The van der Waals surface area contributed by atoms with E-state index in [1.165, 1.54) is 12.8 Å². The fourth-order valence-electron chi connectivity index (χ4n) is 2.34. The molecule has 1 aliphatic heterocycles. The Balaban J connectivity index is 1.87. The predicted molar refractivity (Wildman–Crippen MR) is 80.0 cm³/mol. The van der Waals surface area contributed by atoms with Crippen molar-refractivity contribution >= 4 is 22.2 Å². The summed E-state index contributed by atoms with van der Waals surface area (Å²) in [7, 11) is 1.62. The van der Waals surface area contributed by atoms with E-state index in [2.05, 4.69) is 10.3 Å². The highest BCUT2D eigenvalue weighted by atomic mass is 32.1. The van der Waals surface area contributed by atoms with Crippen LogP contribution in [0, 0.1) is 0 Å². The van der Waals surface area contributed by atoms with E-state index in [9.17, 15) is 0 Å². The number of ether oxygens (including phenoxy) is 1. The molecule has 0 unspecified atom stereocenters. The van der Waals surface area contributed by atoms with E-state index < -0.39 is 0 Å². The van der Waals surface area contributed by atoms with Gasteiger partial charge in [0.1, 0.15) is 5.75 Å². The molecule has 1 fully saturated rings. The highest BCUT2D eigenvalue weighted by Crippen LogP contribution is 2.32. The summed E-state index contributed by atoms with van der Waals surface area (Å²) in [5.41, 5.74) is 8.62. The van der Waals surface area contributed by atoms with Crippen molar-refractivity contribution in [2.75, 3.05) is 30.8 Å². The Morgan fingerprint density at radius 2 is 2.11 bits per heavy atom. The second kappa shape index (κ2) is 5.09. The van der Waals surface area contributed by atoms with Gasteiger partial charge in [-0.15, -0.1) is 11.3 Å². The number of rotatable bonds is 3. The Morgan fingerprint density at radius 3 is 2.79 bits per heavy atom. The van der Waals surface area contributed by atoms with E-state index in [4.69, 9.17) is 15.5 Å². The van der Waals surface area contributed by atoms with Crippen molar-refractivity contribution in [3.63, 3.8) is 0 Å². The van der Waals surface area contributed by atoms with Gasteiger partial charge in [0.05, 0.1) is 18.5 Å². The lowest BCUT2D eigenvalue weighted by molar-refractivity contribution is 0.417. The van der Waals surface area contributed by atoms with Crippen molar-refractivity contribution in [2.24, 2.45) is 0 Å². The van der Waals surface area contributed by atoms with E-state index in [0.29, 0.717) is 11.4 Å². The van der Waals surface area contributed by atoms with Crippen LogP contribution in [-0.2, 0) is 0 Å². The fourth-order valence-corrected chi connectivity index (χ4v) is 3.23. The molecule has 19 heavy (non-hydrogen) atoms. The summed E-state index contributed by atoms with van der Waals surface area (Å²) in [5.74, 6) is 0.707. The quantitative estimate of drug-likeness (QED) is 0.875. The van der Waals surface area contributed by atoms with Gasteiger partial charge in [-0.1, -0.05) is 0 Å². The number of hydrogen-bond acceptors (Lipinski definition) is 5. The van der Waals surface area contributed by atoms with Gasteiger partial charge in [-0.25, -0.2) is 4.98 Å². The standard InChI is InChI=1S/C14H17N3OS/c1-18-13-5-4-10(8-11(13)15)12-9-19-14(16-12)17-6-2-3-7-17/h4-5,8-9H,2-3,6-7,15H2,1H3. The Labute approximate surface area is 116 Å². The number of hydrogen-bond donors (Lipinski definition) is 1. The highest BCUT2D eigenvalue weighted by Gasteiger charge is 2.16. The monoisotopic (exact) mass is 275 g/mol. The van der Waals surface area contributed by atoms with Crippen LogP contribution in [0.1, 0.15) is 12.8 Å². The number of anilines is 2. The Bertz CT molecular complexity index is 576. The van der Waals surface area contributed by atoms with Gasteiger partial charge in [0.25, 0.3) is 0 Å². The van der Waals surface area contributed by atoms with Crippen molar-refractivity contribution in [3.8, 4) is 17.0 Å². The molecule has 0 atom stereocenters. The van der Waals surface area contributed by atoms with Crippen molar-refractivity contribution in [3.05, 3.63) is 23.6 Å². The van der Waals surface area contributed by atoms with Crippen LogP contribution in [0.15, 0.2) is 23.6 Å². The Kier molecular flexibility index (Phi) is 3.29. The first kappa shape index (κ1) is 12.3. The summed E-state index contributed by atoms with van der Waals surface area (Å²) in [6, 6.07) is 5.80. The molecule has 5 heteroatoms. The first-order valence-electron chi connectivity index (χ1n) is 6.42. The number of aromatic nitrogens is 1. The number of nitrogen functional groups attached to an aromatic ring is 1. The average molecular weight is 275 g/mol. The molecule has 2 aromatic rings. The van der Waals surface area contributed by atoms with Crippen LogP contribution in [0.4, 0.5) is 10.8 Å². The van der Waals surface area contributed by atoms with Crippen LogP contribution in [0.2, 0.25) is 0 Å². The second-order valence-electron chi connectivity index (χ2n) is 4.67. The maximum absolute atomic E-state index is 5.94. The summed E-state index contributed by atoms with van der Waals surface area (Å²) in [4.78, 5) is 7.06. The van der Waals surface area contributed by atoms with Crippen molar-refractivity contribution in [1.82, 2.24) is 4.98 Å². The van der Waals surface area contributed by atoms with Crippen LogP contribution >= 0.6 is 11.3 Å². The number of nitrogens with two attached hydrogens (primary N) is 1. The Hall–Kier alpha value is -1.75. The van der Waals surface area contributed by atoms with E-state index in [-0.39, 0.29) is 0 Å². The van der Waals surface area contributed by atoms with Gasteiger partial charge < -0.3 is 15.4 Å². The van der Waals surface area contributed by atoms with Gasteiger partial charge in [-0.2, -0.15) is 0 Å². The first-order valence-corrected chi connectivity index (χ1v) is 7.30. The predicted octanol–water partition coefficient (Wildman–Crippen LogP) is 3.00. The van der Waals surface area contributed by atoms with Gasteiger partial charge >= 0.3 is 0 Å². The van der Waals surface area contributed by atoms with Gasteiger partial charge in [-0.05, 0) is 31.0 Å². The average Bonchev–Trinajstić information content (AvgIpc) is 3.09. The van der Waals surface area contributed by atoms with Crippen molar-refractivity contribution in [2.45, 2.75) is 12.8 Å². The molecule has 2 N–H and O–H groups in total. The molecule has 4 nitrogen and oxygen atoms in total. The van der Waals surface area contributed by atoms with Crippen LogP contribution in [0.25, 0.3) is 11.3 Å².